The van der Waals surface area contributed by atoms with Crippen LogP contribution in [0, 0.1) is 13.8 Å². The summed E-state index contributed by atoms with van der Waals surface area (Å²) in [6, 6.07) is 34.6. The zero-order valence-corrected chi connectivity index (χ0v) is 24.6. The molecular weight excluding hydrogens is 516 g/mol. The van der Waals surface area contributed by atoms with Crippen molar-refractivity contribution in [1.29, 1.82) is 0 Å². The number of hydrogen-bond acceptors (Lipinski definition) is 4. The minimum absolute atomic E-state index is 0.0392. The first-order chi connectivity index (χ1) is 20.2. The Kier molecular flexibility index (Phi) is 6.99. The molecule has 4 heteroatoms. The van der Waals surface area contributed by atoms with Crippen LogP contribution in [0.4, 0.5) is 5.69 Å². The van der Waals surface area contributed by atoms with Crippen LogP contribution >= 0.6 is 0 Å². The third-order valence-corrected chi connectivity index (χ3v) is 7.67. The van der Waals surface area contributed by atoms with Gasteiger partial charge in [-0.25, -0.2) is 4.98 Å². The van der Waals surface area contributed by atoms with Crippen LogP contribution < -0.4 is 0 Å². The molecule has 5 aromatic carbocycles. The molecule has 1 heterocycles. The van der Waals surface area contributed by atoms with Gasteiger partial charge in [-0.05, 0) is 83.5 Å². The molecule has 1 N–H and O–H groups in total. The van der Waals surface area contributed by atoms with E-state index >= 15 is 0 Å². The van der Waals surface area contributed by atoms with E-state index in [9.17, 15) is 5.11 Å². The highest BCUT2D eigenvalue weighted by Gasteiger charge is 2.17. The summed E-state index contributed by atoms with van der Waals surface area (Å²) in [7, 11) is 0. The fourth-order valence-corrected chi connectivity index (χ4v) is 5.23. The predicted molar refractivity (Wildman–Crippen MR) is 174 cm³/mol. The minimum Gasteiger partial charge on any atom is -0.507 e. The van der Waals surface area contributed by atoms with Crippen molar-refractivity contribution in [3.05, 3.63) is 125 Å². The number of hydrogen-bond donors (Lipinski definition) is 1. The normalized spacial score (nSPS) is 11.9. The Morgan fingerprint density at radius 3 is 2.29 bits per heavy atom. The van der Waals surface area contributed by atoms with E-state index in [-0.39, 0.29) is 11.2 Å². The lowest BCUT2D eigenvalue weighted by atomic mass is 9.86. The molecule has 0 spiro atoms. The Bertz CT molecular complexity index is 1960. The molecule has 1 aromatic heterocycles. The molecule has 0 aliphatic heterocycles. The molecule has 0 atom stereocenters. The molecule has 0 aliphatic rings. The Morgan fingerprint density at radius 1 is 0.738 bits per heavy atom. The number of aromatic nitrogens is 1. The van der Waals surface area contributed by atoms with Gasteiger partial charge in [0.15, 0.2) is 5.58 Å². The molecule has 0 saturated heterocycles. The molecule has 0 fully saturated rings. The zero-order chi connectivity index (χ0) is 29.4. The van der Waals surface area contributed by atoms with Gasteiger partial charge >= 0.3 is 0 Å². The van der Waals surface area contributed by atoms with Gasteiger partial charge in [0.2, 0.25) is 5.89 Å². The molecule has 42 heavy (non-hydrogen) atoms. The van der Waals surface area contributed by atoms with Crippen LogP contribution in [-0.2, 0) is 5.41 Å². The molecule has 0 amide bonds. The number of aromatic hydroxyl groups is 1. The third kappa shape index (κ3) is 5.36. The van der Waals surface area contributed by atoms with Gasteiger partial charge in [0.05, 0.1) is 11.3 Å². The summed E-state index contributed by atoms with van der Waals surface area (Å²) in [5.41, 5.74) is 11.8. The van der Waals surface area contributed by atoms with E-state index in [1.807, 2.05) is 48.5 Å². The molecule has 4 nitrogen and oxygen atoms in total. The van der Waals surface area contributed by atoms with Gasteiger partial charge in [-0.2, -0.15) is 0 Å². The number of fused-ring (bicyclic) bond motifs is 1. The van der Waals surface area contributed by atoms with Gasteiger partial charge in [-0.3, -0.25) is 4.99 Å². The number of rotatable bonds is 5. The van der Waals surface area contributed by atoms with Gasteiger partial charge in [0.1, 0.15) is 11.3 Å². The molecule has 0 bridgehead atoms. The molecular formula is C38H34N2O2. The molecule has 0 radical (unpaired) electrons. The van der Waals surface area contributed by atoms with Crippen molar-refractivity contribution in [2.45, 2.75) is 40.0 Å². The number of aliphatic imine (C=N–C) groups is 1. The van der Waals surface area contributed by atoms with Crippen molar-refractivity contribution in [3.8, 4) is 39.5 Å². The maximum Gasteiger partial charge on any atom is 0.229 e. The Morgan fingerprint density at radius 2 is 1.48 bits per heavy atom. The van der Waals surface area contributed by atoms with Crippen LogP contribution in [0.1, 0.15) is 43.0 Å². The summed E-state index contributed by atoms with van der Waals surface area (Å²) >= 11 is 0. The van der Waals surface area contributed by atoms with E-state index in [4.69, 9.17) is 14.4 Å². The quantitative estimate of drug-likeness (QED) is 0.217. The van der Waals surface area contributed by atoms with Crippen molar-refractivity contribution in [1.82, 2.24) is 4.98 Å². The average Bonchev–Trinajstić information content (AvgIpc) is 3.42. The molecule has 0 saturated carbocycles. The minimum atomic E-state index is -0.0392. The van der Waals surface area contributed by atoms with Crippen LogP contribution in [0.5, 0.6) is 5.75 Å². The van der Waals surface area contributed by atoms with E-state index in [0.29, 0.717) is 22.7 Å². The smallest absolute Gasteiger partial charge is 0.229 e. The van der Waals surface area contributed by atoms with Crippen LogP contribution in [-0.4, -0.2) is 16.3 Å². The molecule has 6 rings (SSSR count). The number of nitrogens with zero attached hydrogens (tertiary/aromatic N) is 2. The van der Waals surface area contributed by atoms with E-state index in [0.717, 1.165) is 27.8 Å². The van der Waals surface area contributed by atoms with Crippen LogP contribution in [0.25, 0.3) is 44.8 Å². The first-order valence-corrected chi connectivity index (χ1v) is 14.2. The number of benzene rings is 5. The fraction of sp³-hybridized carbons (Fsp3) is 0.158. The highest BCUT2D eigenvalue weighted by Crippen LogP contribution is 2.37. The van der Waals surface area contributed by atoms with Crippen LogP contribution in [0.2, 0.25) is 0 Å². The first-order valence-electron chi connectivity index (χ1n) is 14.2. The Balaban J connectivity index is 1.39. The SMILES string of the molecule is Cc1ccc(C)c(-c2cccc(-c3cccc4oc(-c5ccccc5N=Cc5cc(C(C)(C)C)ccc5O)nc34)c2)c1. The summed E-state index contributed by atoms with van der Waals surface area (Å²) in [4.78, 5) is 9.75. The highest BCUT2D eigenvalue weighted by atomic mass is 16.3. The van der Waals surface area contributed by atoms with E-state index < -0.39 is 0 Å². The van der Waals surface area contributed by atoms with Gasteiger partial charge in [-0.1, -0.05) is 93.1 Å². The Labute approximate surface area is 247 Å². The number of oxazole rings is 1. The number of phenolic OH excluding ortho intramolecular Hbond substituents is 1. The topological polar surface area (TPSA) is 58.6 Å². The lowest BCUT2D eigenvalue weighted by Crippen LogP contribution is -2.11. The summed E-state index contributed by atoms with van der Waals surface area (Å²) in [6.07, 6.45) is 1.70. The second kappa shape index (κ2) is 10.8. The standard InChI is InChI=1S/C38H34N2O2/c1-24-16-17-25(2)32(20-24)27-11-8-10-26(21-27)30-13-9-15-35-36(30)40-37(42-35)31-12-6-7-14-33(31)39-23-28-22-29(38(3,4)5)18-19-34(28)41/h6-23,41H,1-5H3. The fourth-order valence-electron chi connectivity index (χ4n) is 5.23. The molecule has 208 valence electrons. The van der Waals surface area contributed by atoms with Gasteiger partial charge < -0.3 is 9.52 Å². The molecule has 0 unspecified atom stereocenters. The van der Waals surface area contributed by atoms with Crippen molar-refractivity contribution >= 4 is 23.0 Å². The largest absolute Gasteiger partial charge is 0.507 e. The summed E-state index contributed by atoms with van der Waals surface area (Å²) in [5, 5.41) is 10.5. The lowest BCUT2D eigenvalue weighted by molar-refractivity contribution is 0.473. The number of phenols is 1. The third-order valence-electron chi connectivity index (χ3n) is 7.67. The van der Waals surface area contributed by atoms with Gasteiger partial charge in [-0.15, -0.1) is 0 Å². The maximum atomic E-state index is 10.5. The van der Waals surface area contributed by atoms with Crippen molar-refractivity contribution in [3.63, 3.8) is 0 Å². The lowest BCUT2D eigenvalue weighted by Gasteiger charge is -2.19. The van der Waals surface area contributed by atoms with Crippen molar-refractivity contribution in [2.75, 3.05) is 0 Å². The summed E-state index contributed by atoms with van der Waals surface area (Å²) in [6.45, 7) is 10.7. The van der Waals surface area contributed by atoms with Crippen molar-refractivity contribution in [2.24, 2.45) is 4.99 Å². The maximum absolute atomic E-state index is 10.5. The first kappa shape index (κ1) is 27.2. The second-order valence-corrected chi connectivity index (χ2v) is 11.9. The molecule has 0 aliphatic carbocycles. The van der Waals surface area contributed by atoms with Crippen molar-refractivity contribution < 1.29 is 9.52 Å². The second-order valence-electron chi connectivity index (χ2n) is 11.9. The summed E-state index contributed by atoms with van der Waals surface area (Å²) in [5.74, 6) is 0.697. The van der Waals surface area contributed by atoms with E-state index in [1.165, 1.54) is 22.3 Å². The summed E-state index contributed by atoms with van der Waals surface area (Å²) < 4.78 is 6.31. The zero-order valence-electron chi connectivity index (χ0n) is 24.6. The molecule has 6 aromatic rings. The Hall–Kier alpha value is -4.96. The average molecular weight is 551 g/mol. The van der Waals surface area contributed by atoms with Gasteiger partial charge in [0.25, 0.3) is 0 Å². The van der Waals surface area contributed by atoms with Crippen LogP contribution in [0.15, 0.2) is 113 Å². The van der Waals surface area contributed by atoms with Gasteiger partial charge in [0, 0.05) is 17.3 Å². The van der Waals surface area contributed by atoms with E-state index in [1.54, 1.807) is 12.3 Å². The number of aryl methyl sites for hydroxylation is 2. The van der Waals surface area contributed by atoms with E-state index in [2.05, 4.69) is 83.1 Å². The number of para-hydroxylation sites is 2. The highest BCUT2D eigenvalue weighted by molar-refractivity contribution is 5.94. The predicted octanol–water partition coefficient (Wildman–Crippen LogP) is 10.2. The van der Waals surface area contributed by atoms with Crippen LogP contribution in [0.3, 0.4) is 0 Å². The monoisotopic (exact) mass is 550 g/mol.